The molecule has 166 valence electrons. The molecule has 0 unspecified atom stereocenters. The van der Waals surface area contributed by atoms with E-state index < -0.39 is 46.5 Å². The molecule has 9 nitrogen and oxygen atoms in total. The number of urea groups is 1. The molecule has 2 rings (SSSR count). The van der Waals surface area contributed by atoms with Gasteiger partial charge in [-0.1, -0.05) is 51.3 Å². The molecule has 0 heterocycles. The van der Waals surface area contributed by atoms with Gasteiger partial charge in [0.25, 0.3) is 5.91 Å². The van der Waals surface area contributed by atoms with Gasteiger partial charge in [0.15, 0.2) is 6.61 Å². The molecule has 0 saturated heterocycles. The van der Waals surface area contributed by atoms with Crippen LogP contribution in [-0.2, 0) is 24.3 Å². The molecule has 1 aliphatic rings. The monoisotopic (exact) mass is 439 g/mol. The number of nitrogens with one attached hydrogen (secondary N) is 3. The van der Waals surface area contributed by atoms with Crippen LogP contribution in [0.25, 0.3) is 0 Å². The van der Waals surface area contributed by atoms with Crippen LogP contribution in [0.15, 0.2) is 35.2 Å². The van der Waals surface area contributed by atoms with Gasteiger partial charge < -0.3 is 10.1 Å². The fraction of sp³-hybridized carbons (Fsp3) is 0.550. The predicted molar refractivity (Wildman–Crippen MR) is 110 cm³/mol. The largest absolute Gasteiger partial charge is 0.454 e. The Hall–Kier alpha value is -2.46. The minimum Gasteiger partial charge on any atom is -0.454 e. The number of sulfonamides is 1. The van der Waals surface area contributed by atoms with Gasteiger partial charge in [0.1, 0.15) is 6.04 Å². The van der Waals surface area contributed by atoms with E-state index in [0.717, 1.165) is 32.1 Å². The lowest BCUT2D eigenvalue weighted by molar-refractivity contribution is -0.150. The molecule has 3 N–H and O–H groups in total. The molecule has 0 radical (unpaired) electrons. The van der Waals surface area contributed by atoms with Crippen molar-refractivity contribution in [2.45, 2.75) is 62.9 Å². The zero-order valence-electron chi connectivity index (χ0n) is 17.2. The van der Waals surface area contributed by atoms with Crippen LogP contribution in [0.5, 0.6) is 0 Å². The smallest absolute Gasteiger partial charge is 0.324 e. The Morgan fingerprint density at radius 1 is 1.07 bits per heavy atom. The Morgan fingerprint density at radius 2 is 1.70 bits per heavy atom. The maximum atomic E-state index is 12.5. The van der Waals surface area contributed by atoms with Crippen LogP contribution in [0.3, 0.4) is 0 Å². The summed E-state index contributed by atoms with van der Waals surface area (Å²) in [5.41, 5.74) is 0. The first-order valence-electron chi connectivity index (χ1n) is 10.0. The summed E-state index contributed by atoms with van der Waals surface area (Å²) in [6.07, 6.45) is 4.94. The second-order valence-corrected chi connectivity index (χ2v) is 9.33. The highest BCUT2D eigenvalue weighted by Crippen LogP contribution is 2.17. The highest BCUT2D eigenvalue weighted by Gasteiger charge is 2.30. The maximum absolute atomic E-state index is 12.5. The predicted octanol–water partition coefficient (Wildman–Crippen LogP) is 1.69. The van der Waals surface area contributed by atoms with E-state index in [0.29, 0.717) is 0 Å². The molecule has 3 amide bonds. The first-order chi connectivity index (χ1) is 14.2. The van der Waals surface area contributed by atoms with Crippen molar-refractivity contribution in [3.05, 3.63) is 30.3 Å². The number of benzene rings is 1. The van der Waals surface area contributed by atoms with Crippen LogP contribution < -0.4 is 15.4 Å². The Labute approximate surface area is 177 Å². The van der Waals surface area contributed by atoms with Crippen molar-refractivity contribution < 1.29 is 27.5 Å². The van der Waals surface area contributed by atoms with Gasteiger partial charge in [-0.05, 0) is 30.9 Å². The molecule has 10 heteroatoms. The third-order valence-electron chi connectivity index (χ3n) is 4.80. The van der Waals surface area contributed by atoms with Crippen molar-refractivity contribution in [1.82, 2.24) is 15.4 Å². The van der Waals surface area contributed by atoms with Crippen LogP contribution >= 0.6 is 0 Å². The zero-order chi connectivity index (χ0) is 22.1. The average Bonchev–Trinajstić information content (AvgIpc) is 2.71. The Balaban J connectivity index is 1.85. The third kappa shape index (κ3) is 7.42. The standard InChI is InChI=1S/C20H29N3O6S/c1-14(2)18(23-30(27,28)16-11-7-4-8-12-16)19(25)29-13-17(24)22-20(26)21-15-9-5-3-6-10-15/h4,7-8,11-12,14-15,18,23H,3,5-6,9-10,13H2,1-2H3,(H2,21,22,24,26)/t18-/m0/s1. The number of imide groups is 1. The molecule has 1 saturated carbocycles. The summed E-state index contributed by atoms with van der Waals surface area (Å²) in [5.74, 6) is -2.11. The lowest BCUT2D eigenvalue weighted by Gasteiger charge is -2.23. The van der Waals surface area contributed by atoms with Crippen molar-refractivity contribution >= 4 is 27.9 Å². The van der Waals surface area contributed by atoms with Gasteiger partial charge in [-0.15, -0.1) is 0 Å². The first kappa shape index (κ1) is 23.8. The summed E-state index contributed by atoms with van der Waals surface area (Å²) in [7, 11) is -3.94. The highest BCUT2D eigenvalue weighted by atomic mass is 32.2. The van der Waals surface area contributed by atoms with Crippen LogP contribution in [-0.4, -0.2) is 45.0 Å². The summed E-state index contributed by atoms with van der Waals surface area (Å²) in [5, 5.41) is 4.84. The highest BCUT2D eigenvalue weighted by molar-refractivity contribution is 7.89. The van der Waals surface area contributed by atoms with Gasteiger partial charge in [0.05, 0.1) is 4.90 Å². The van der Waals surface area contributed by atoms with Gasteiger partial charge >= 0.3 is 12.0 Å². The SMILES string of the molecule is CC(C)[C@H](NS(=O)(=O)c1ccccc1)C(=O)OCC(=O)NC(=O)NC1CCCCC1. The van der Waals surface area contributed by atoms with E-state index in [4.69, 9.17) is 4.74 Å². The molecular formula is C20H29N3O6S. The molecular weight excluding hydrogens is 410 g/mol. The van der Waals surface area contributed by atoms with Crippen molar-refractivity contribution in [2.24, 2.45) is 5.92 Å². The van der Waals surface area contributed by atoms with Crippen LogP contribution in [0, 0.1) is 5.92 Å². The lowest BCUT2D eigenvalue weighted by atomic mass is 9.96. The van der Waals surface area contributed by atoms with Crippen molar-refractivity contribution in [3.63, 3.8) is 0 Å². The Bertz CT molecular complexity index is 835. The summed E-state index contributed by atoms with van der Waals surface area (Å²) >= 11 is 0. The summed E-state index contributed by atoms with van der Waals surface area (Å²) in [6, 6.07) is 5.85. The number of esters is 1. The van der Waals surface area contributed by atoms with E-state index in [1.54, 1.807) is 32.0 Å². The van der Waals surface area contributed by atoms with E-state index >= 15 is 0 Å². The quantitative estimate of drug-likeness (QED) is 0.529. The molecule has 0 aromatic heterocycles. The van der Waals surface area contributed by atoms with E-state index in [1.807, 2.05) is 0 Å². The van der Waals surface area contributed by atoms with E-state index in [-0.39, 0.29) is 10.9 Å². The van der Waals surface area contributed by atoms with Crippen molar-refractivity contribution in [2.75, 3.05) is 6.61 Å². The number of hydrogen-bond donors (Lipinski definition) is 3. The van der Waals surface area contributed by atoms with Crippen LogP contribution in [0.2, 0.25) is 0 Å². The Kier molecular flexibility index (Phi) is 8.79. The molecule has 1 aromatic carbocycles. The van der Waals surface area contributed by atoms with Gasteiger partial charge in [-0.3, -0.25) is 14.9 Å². The Morgan fingerprint density at radius 3 is 2.30 bits per heavy atom. The third-order valence-corrected chi connectivity index (χ3v) is 6.25. The molecule has 1 aromatic rings. The second kappa shape index (κ2) is 11.1. The fourth-order valence-electron chi connectivity index (χ4n) is 3.15. The summed E-state index contributed by atoms with van der Waals surface area (Å²) in [4.78, 5) is 36.2. The molecule has 0 aliphatic heterocycles. The lowest BCUT2D eigenvalue weighted by Crippen LogP contribution is -2.48. The van der Waals surface area contributed by atoms with Crippen LogP contribution in [0.1, 0.15) is 46.0 Å². The van der Waals surface area contributed by atoms with Gasteiger partial charge in [-0.2, -0.15) is 4.72 Å². The van der Waals surface area contributed by atoms with Gasteiger partial charge in [0.2, 0.25) is 10.0 Å². The second-order valence-electron chi connectivity index (χ2n) is 7.62. The molecule has 0 spiro atoms. The minimum atomic E-state index is -3.94. The normalized spacial score (nSPS) is 16.0. The molecule has 0 bridgehead atoms. The zero-order valence-corrected chi connectivity index (χ0v) is 18.0. The molecule has 1 atom stereocenters. The summed E-state index contributed by atoms with van der Waals surface area (Å²) in [6.45, 7) is 2.61. The van der Waals surface area contributed by atoms with Gasteiger partial charge in [0, 0.05) is 6.04 Å². The number of carbonyl (C=O) groups is 3. The molecule has 30 heavy (non-hydrogen) atoms. The first-order valence-corrected chi connectivity index (χ1v) is 11.5. The van der Waals surface area contributed by atoms with E-state index in [2.05, 4.69) is 15.4 Å². The van der Waals surface area contributed by atoms with Crippen molar-refractivity contribution in [1.29, 1.82) is 0 Å². The maximum Gasteiger partial charge on any atom is 0.324 e. The number of ether oxygens (including phenoxy) is 1. The average molecular weight is 440 g/mol. The molecule has 1 fully saturated rings. The molecule has 1 aliphatic carbocycles. The van der Waals surface area contributed by atoms with Gasteiger partial charge in [-0.25, -0.2) is 13.2 Å². The van der Waals surface area contributed by atoms with E-state index in [9.17, 15) is 22.8 Å². The number of carbonyl (C=O) groups excluding carboxylic acids is 3. The topological polar surface area (TPSA) is 131 Å². The minimum absolute atomic E-state index is 0.0144. The number of amides is 3. The number of rotatable bonds is 8. The summed E-state index contributed by atoms with van der Waals surface area (Å²) < 4.78 is 32.2. The fourth-order valence-corrected chi connectivity index (χ4v) is 4.50. The van der Waals surface area contributed by atoms with Crippen LogP contribution in [0.4, 0.5) is 4.79 Å². The van der Waals surface area contributed by atoms with Crippen molar-refractivity contribution in [3.8, 4) is 0 Å². The number of hydrogen-bond acceptors (Lipinski definition) is 6. The van der Waals surface area contributed by atoms with E-state index in [1.165, 1.54) is 12.1 Å².